The lowest BCUT2D eigenvalue weighted by atomic mass is 10.2. The number of hydrogen-bond donors (Lipinski definition) is 0. The molecule has 0 fully saturated rings. The van der Waals surface area contributed by atoms with Gasteiger partial charge in [-0.25, -0.2) is 0 Å². The van der Waals surface area contributed by atoms with E-state index >= 15 is 0 Å². The highest BCUT2D eigenvalue weighted by molar-refractivity contribution is 5.77. The SMILES string of the molecule is CCCOCC(=O)N(C)Cc1ccc(OCCN(C)C)cc1. The van der Waals surface area contributed by atoms with Crippen molar-refractivity contribution in [2.75, 3.05) is 47.5 Å². The molecule has 1 amide bonds. The lowest BCUT2D eigenvalue weighted by Gasteiger charge is -2.17. The van der Waals surface area contributed by atoms with E-state index in [1.165, 1.54) is 0 Å². The Balaban J connectivity index is 2.38. The van der Waals surface area contributed by atoms with Crippen molar-refractivity contribution in [3.63, 3.8) is 0 Å². The highest BCUT2D eigenvalue weighted by Crippen LogP contribution is 2.13. The zero-order valence-corrected chi connectivity index (χ0v) is 14.2. The lowest BCUT2D eigenvalue weighted by molar-refractivity contribution is -0.135. The van der Waals surface area contributed by atoms with Crippen LogP contribution in [0.4, 0.5) is 0 Å². The lowest BCUT2D eigenvalue weighted by Crippen LogP contribution is -2.29. The zero-order valence-electron chi connectivity index (χ0n) is 14.2. The summed E-state index contributed by atoms with van der Waals surface area (Å²) in [6, 6.07) is 7.86. The van der Waals surface area contributed by atoms with Crippen molar-refractivity contribution in [3.8, 4) is 5.75 Å². The second-order valence-corrected chi connectivity index (χ2v) is 5.60. The fraction of sp³-hybridized carbons (Fsp3) is 0.588. The van der Waals surface area contributed by atoms with Crippen LogP contribution >= 0.6 is 0 Å². The van der Waals surface area contributed by atoms with Crippen LogP contribution in [0.5, 0.6) is 5.75 Å². The Morgan fingerprint density at radius 1 is 1.09 bits per heavy atom. The highest BCUT2D eigenvalue weighted by Gasteiger charge is 2.09. The van der Waals surface area contributed by atoms with Crippen molar-refractivity contribution in [2.45, 2.75) is 19.9 Å². The first kappa shape index (κ1) is 18.5. The Morgan fingerprint density at radius 3 is 2.36 bits per heavy atom. The summed E-state index contributed by atoms with van der Waals surface area (Å²) in [4.78, 5) is 15.6. The van der Waals surface area contributed by atoms with Crippen molar-refractivity contribution >= 4 is 5.91 Å². The number of nitrogens with zero attached hydrogens (tertiary/aromatic N) is 2. The van der Waals surface area contributed by atoms with Crippen LogP contribution in [-0.4, -0.2) is 63.2 Å². The monoisotopic (exact) mass is 308 g/mol. The smallest absolute Gasteiger partial charge is 0.248 e. The van der Waals surface area contributed by atoms with Crippen LogP contribution in [0.2, 0.25) is 0 Å². The minimum Gasteiger partial charge on any atom is -0.492 e. The number of carbonyl (C=O) groups is 1. The number of rotatable bonds is 10. The Bertz CT molecular complexity index is 432. The standard InChI is InChI=1S/C17H28N2O3/c1-5-11-21-14-17(20)19(4)13-15-6-8-16(9-7-15)22-12-10-18(2)3/h6-9H,5,10-14H2,1-4H3. The molecule has 0 spiro atoms. The fourth-order valence-corrected chi connectivity index (χ4v) is 1.81. The van der Waals surface area contributed by atoms with Crippen LogP contribution in [0.1, 0.15) is 18.9 Å². The molecule has 0 bridgehead atoms. The normalized spacial score (nSPS) is 10.8. The molecule has 0 N–H and O–H groups in total. The quantitative estimate of drug-likeness (QED) is 0.620. The summed E-state index contributed by atoms with van der Waals surface area (Å²) in [6.45, 7) is 4.92. The van der Waals surface area contributed by atoms with Gasteiger partial charge >= 0.3 is 0 Å². The molecule has 1 rings (SSSR count). The number of carbonyl (C=O) groups excluding carboxylic acids is 1. The van der Waals surface area contributed by atoms with Gasteiger partial charge in [-0.05, 0) is 38.2 Å². The molecule has 22 heavy (non-hydrogen) atoms. The second-order valence-electron chi connectivity index (χ2n) is 5.60. The molecule has 0 radical (unpaired) electrons. The van der Waals surface area contributed by atoms with Crippen molar-refractivity contribution in [2.24, 2.45) is 0 Å². The summed E-state index contributed by atoms with van der Waals surface area (Å²) in [5, 5.41) is 0. The van der Waals surface area contributed by atoms with Crippen LogP contribution in [0, 0.1) is 0 Å². The molecule has 5 heteroatoms. The average molecular weight is 308 g/mol. The Labute approximate surface area is 133 Å². The van der Waals surface area contributed by atoms with Crippen molar-refractivity contribution in [3.05, 3.63) is 29.8 Å². The van der Waals surface area contributed by atoms with E-state index in [-0.39, 0.29) is 12.5 Å². The molecule has 0 atom stereocenters. The van der Waals surface area contributed by atoms with Crippen LogP contribution in [0.15, 0.2) is 24.3 Å². The number of likely N-dealkylation sites (N-methyl/N-ethyl adjacent to an activating group) is 2. The Hall–Kier alpha value is -1.59. The molecule has 0 aliphatic heterocycles. The first-order valence-electron chi connectivity index (χ1n) is 7.71. The highest BCUT2D eigenvalue weighted by atomic mass is 16.5. The predicted octanol–water partition coefficient (Wildman–Crippen LogP) is 2.01. The van der Waals surface area contributed by atoms with Crippen LogP contribution in [0.25, 0.3) is 0 Å². The molecule has 0 unspecified atom stereocenters. The summed E-state index contributed by atoms with van der Waals surface area (Å²) < 4.78 is 10.9. The second kappa shape index (κ2) is 10.2. The first-order valence-corrected chi connectivity index (χ1v) is 7.71. The molecule has 124 valence electrons. The molecule has 0 aromatic heterocycles. The van der Waals surface area contributed by atoms with Crippen LogP contribution in [0.3, 0.4) is 0 Å². The summed E-state index contributed by atoms with van der Waals surface area (Å²) in [7, 11) is 5.83. The number of amides is 1. The third-order valence-electron chi connectivity index (χ3n) is 3.15. The Morgan fingerprint density at radius 2 is 1.77 bits per heavy atom. The predicted molar refractivity (Wildman–Crippen MR) is 88.1 cm³/mol. The molecular weight excluding hydrogens is 280 g/mol. The third-order valence-corrected chi connectivity index (χ3v) is 3.15. The Kier molecular flexibility index (Phi) is 8.55. The van der Waals surface area contributed by atoms with Crippen LogP contribution in [-0.2, 0) is 16.1 Å². The third kappa shape index (κ3) is 7.43. The van der Waals surface area contributed by atoms with Gasteiger partial charge in [-0.1, -0.05) is 19.1 Å². The van der Waals surface area contributed by atoms with Crippen LogP contribution < -0.4 is 4.74 Å². The van der Waals surface area contributed by atoms with E-state index in [1.807, 2.05) is 45.3 Å². The van der Waals surface area contributed by atoms with Gasteiger partial charge in [0.2, 0.25) is 5.91 Å². The average Bonchev–Trinajstić information content (AvgIpc) is 2.48. The molecule has 0 aliphatic rings. The van der Waals surface area contributed by atoms with Gasteiger partial charge in [0.1, 0.15) is 19.0 Å². The van der Waals surface area contributed by atoms with Crippen molar-refractivity contribution in [1.29, 1.82) is 0 Å². The summed E-state index contributed by atoms with van der Waals surface area (Å²) in [5.41, 5.74) is 1.08. The molecule has 0 heterocycles. The number of ether oxygens (including phenoxy) is 2. The van der Waals surface area contributed by atoms with E-state index in [1.54, 1.807) is 11.9 Å². The minimum absolute atomic E-state index is 0.000223. The minimum atomic E-state index is -0.000223. The van der Waals surface area contributed by atoms with Crippen molar-refractivity contribution < 1.29 is 14.3 Å². The van der Waals surface area contributed by atoms with E-state index in [9.17, 15) is 4.79 Å². The van der Waals surface area contributed by atoms with Gasteiger partial charge in [-0.2, -0.15) is 0 Å². The maximum atomic E-state index is 11.9. The summed E-state index contributed by atoms with van der Waals surface area (Å²) in [6.07, 6.45) is 0.923. The summed E-state index contributed by atoms with van der Waals surface area (Å²) >= 11 is 0. The molecule has 1 aromatic rings. The van der Waals surface area contributed by atoms with Gasteiger partial charge in [0, 0.05) is 26.7 Å². The van der Waals surface area contributed by atoms with Gasteiger partial charge in [0.15, 0.2) is 0 Å². The number of benzene rings is 1. The molecule has 0 saturated carbocycles. The van der Waals surface area contributed by atoms with E-state index in [4.69, 9.17) is 9.47 Å². The van der Waals surface area contributed by atoms with E-state index in [0.29, 0.717) is 19.8 Å². The maximum absolute atomic E-state index is 11.9. The molecule has 0 saturated heterocycles. The topological polar surface area (TPSA) is 42.0 Å². The van der Waals surface area contributed by atoms with E-state index in [2.05, 4.69) is 4.90 Å². The van der Waals surface area contributed by atoms with Gasteiger partial charge < -0.3 is 19.3 Å². The van der Waals surface area contributed by atoms with Gasteiger partial charge in [0.05, 0.1) is 0 Å². The molecule has 1 aromatic carbocycles. The molecule has 0 aliphatic carbocycles. The van der Waals surface area contributed by atoms with Gasteiger partial charge in [-0.3, -0.25) is 4.79 Å². The maximum Gasteiger partial charge on any atom is 0.248 e. The zero-order chi connectivity index (χ0) is 16.4. The fourth-order valence-electron chi connectivity index (χ4n) is 1.81. The van der Waals surface area contributed by atoms with Crippen molar-refractivity contribution in [1.82, 2.24) is 9.80 Å². The largest absolute Gasteiger partial charge is 0.492 e. The van der Waals surface area contributed by atoms with E-state index < -0.39 is 0 Å². The number of hydrogen-bond acceptors (Lipinski definition) is 4. The van der Waals surface area contributed by atoms with E-state index in [0.717, 1.165) is 24.3 Å². The molecule has 5 nitrogen and oxygen atoms in total. The molecular formula is C17H28N2O3. The first-order chi connectivity index (χ1) is 10.5. The van der Waals surface area contributed by atoms with Gasteiger partial charge in [0.25, 0.3) is 0 Å². The summed E-state index contributed by atoms with van der Waals surface area (Å²) in [5.74, 6) is 0.852. The van der Waals surface area contributed by atoms with Gasteiger partial charge in [-0.15, -0.1) is 0 Å².